The second-order valence-electron chi connectivity index (χ2n) is 3.67. The second-order valence-corrected chi connectivity index (χ2v) is 4.06. The first kappa shape index (κ1) is 13.9. The van der Waals surface area contributed by atoms with Gasteiger partial charge in [0, 0.05) is 32.8 Å². The van der Waals surface area contributed by atoms with E-state index in [9.17, 15) is 4.39 Å². The van der Waals surface area contributed by atoms with Gasteiger partial charge < -0.3 is 15.0 Å². The number of hydrogen-bond donors (Lipinski definition) is 1. The topological polar surface area (TPSA) is 24.5 Å². The van der Waals surface area contributed by atoms with Gasteiger partial charge in [0.05, 0.1) is 6.61 Å². The maximum absolute atomic E-state index is 13.4. The number of hydrogen-bond acceptors (Lipinski definition) is 2. The quantitative estimate of drug-likeness (QED) is 0.641. The zero-order valence-corrected chi connectivity index (χ0v) is 10.9. The predicted octanol–water partition coefficient (Wildman–Crippen LogP) is 1.78. The van der Waals surface area contributed by atoms with E-state index in [0.29, 0.717) is 30.4 Å². The highest BCUT2D eigenvalue weighted by Crippen LogP contribution is 2.08. The fourth-order valence-electron chi connectivity index (χ4n) is 1.35. The molecule has 0 spiro atoms. The second kappa shape index (κ2) is 7.19. The molecule has 3 nitrogen and oxygen atoms in total. The van der Waals surface area contributed by atoms with Gasteiger partial charge in [0.2, 0.25) is 0 Å². The van der Waals surface area contributed by atoms with E-state index in [1.165, 1.54) is 6.07 Å². The summed E-state index contributed by atoms with van der Waals surface area (Å²) in [6.45, 7) is 1.69. The third kappa shape index (κ3) is 4.66. The first-order valence-electron chi connectivity index (χ1n) is 5.36. The summed E-state index contributed by atoms with van der Waals surface area (Å²) in [4.78, 5) is 1.80. The number of ether oxygens (including phenoxy) is 1. The lowest BCUT2D eigenvalue weighted by Gasteiger charge is -2.21. The maximum atomic E-state index is 13.4. The monoisotopic (exact) mass is 256 g/mol. The number of rotatable bonds is 5. The molecule has 5 heteroatoms. The molecule has 0 aliphatic heterocycles. The first-order valence-corrected chi connectivity index (χ1v) is 5.77. The molecule has 0 fully saturated rings. The molecule has 0 heterocycles. The Morgan fingerprint density at radius 3 is 2.82 bits per heavy atom. The van der Waals surface area contributed by atoms with Gasteiger partial charge in [0.15, 0.2) is 5.11 Å². The van der Waals surface area contributed by atoms with E-state index in [1.807, 2.05) is 13.1 Å². The summed E-state index contributed by atoms with van der Waals surface area (Å²) in [6.07, 6.45) is 0. The van der Waals surface area contributed by atoms with Crippen molar-refractivity contribution < 1.29 is 9.13 Å². The molecule has 0 aliphatic rings. The zero-order valence-electron chi connectivity index (χ0n) is 10.1. The molecule has 0 saturated carbocycles. The predicted molar refractivity (Wildman–Crippen MR) is 70.3 cm³/mol. The van der Waals surface area contributed by atoms with Gasteiger partial charge in [-0.25, -0.2) is 4.39 Å². The fraction of sp³-hybridized carbons (Fsp3) is 0.417. The molecule has 0 aromatic heterocycles. The van der Waals surface area contributed by atoms with Crippen molar-refractivity contribution in [3.05, 3.63) is 35.6 Å². The molecule has 0 unspecified atom stereocenters. The van der Waals surface area contributed by atoms with Gasteiger partial charge >= 0.3 is 0 Å². The standard InChI is InChI=1S/C12H17FN2OS/c1-15(12(17)14-7-8-16-2)9-10-5-3-4-6-11(10)13/h3-6H,7-9H2,1-2H3,(H,14,17). The molecular formula is C12H17FN2OS. The SMILES string of the molecule is COCCNC(=S)N(C)Cc1ccccc1F. The molecule has 1 aromatic rings. The highest BCUT2D eigenvalue weighted by atomic mass is 32.1. The summed E-state index contributed by atoms with van der Waals surface area (Å²) >= 11 is 5.17. The molecular weight excluding hydrogens is 239 g/mol. The van der Waals surface area contributed by atoms with Gasteiger partial charge in [-0.3, -0.25) is 0 Å². The van der Waals surface area contributed by atoms with E-state index in [0.717, 1.165) is 0 Å². The Hall–Kier alpha value is -1.20. The zero-order chi connectivity index (χ0) is 12.7. The lowest BCUT2D eigenvalue weighted by atomic mass is 10.2. The van der Waals surface area contributed by atoms with Crippen LogP contribution in [0.25, 0.3) is 0 Å². The summed E-state index contributed by atoms with van der Waals surface area (Å²) in [5.41, 5.74) is 0.630. The number of methoxy groups -OCH3 is 1. The largest absolute Gasteiger partial charge is 0.383 e. The first-order chi connectivity index (χ1) is 8.15. The van der Waals surface area contributed by atoms with Crippen LogP contribution in [0.2, 0.25) is 0 Å². The van der Waals surface area contributed by atoms with Crippen molar-refractivity contribution in [2.24, 2.45) is 0 Å². The number of thiocarbonyl (C=S) groups is 1. The summed E-state index contributed by atoms with van der Waals surface area (Å²) in [5, 5.41) is 3.62. The van der Waals surface area contributed by atoms with Crippen LogP contribution in [0.15, 0.2) is 24.3 Å². The lowest BCUT2D eigenvalue weighted by Crippen LogP contribution is -2.38. The van der Waals surface area contributed by atoms with Crippen LogP contribution in [-0.2, 0) is 11.3 Å². The minimum absolute atomic E-state index is 0.209. The van der Waals surface area contributed by atoms with Gasteiger partial charge in [-0.05, 0) is 18.3 Å². The van der Waals surface area contributed by atoms with Crippen LogP contribution in [0, 0.1) is 5.82 Å². The van der Waals surface area contributed by atoms with E-state index in [1.54, 1.807) is 24.1 Å². The maximum Gasteiger partial charge on any atom is 0.169 e. The Bertz CT molecular complexity index is 373. The third-order valence-electron chi connectivity index (χ3n) is 2.29. The number of halogens is 1. The van der Waals surface area contributed by atoms with E-state index in [2.05, 4.69) is 5.32 Å². The van der Waals surface area contributed by atoms with Gasteiger partial charge in [0.1, 0.15) is 5.82 Å². The Morgan fingerprint density at radius 2 is 2.18 bits per heavy atom. The molecule has 0 radical (unpaired) electrons. The Labute approximate surface area is 107 Å². The summed E-state index contributed by atoms with van der Waals surface area (Å²) in [5.74, 6) is -0.209. The molecule has 1 aromatic carbocycles. The van der Waals surface area contributed by atoms with Crippen molar-refractivity contribution in [3.63, 3.8) is 0 Å². The number of nitrogens with zero attached hydrogens (tertiary/aromatic N) is 1. The molecule has 0 bridgehead atoms. The Morgan fingerprint density at radius 1 is 1.47 bits per heavy atom. The van der Waals surface area contributed by atoms with Gasteiger partial charge in [0.25, 0.3) is 0 Å². The third-order valence-corrected chi connectivity index (χ3v) is 2.75. The average molecular weight is 256 g/mol. The molecule has 94 valence electrons. The van der Waals surface area contributed by atoms with Crippen LogP contribution < -0.4 is 5.32 Å². The summed E-state index contributed by atoms with van der Waals surface area (Å²) < 4.78 is 18.3. The van der Waals surface area contributed by atoms with Crippen LogP contribution in [0.4, 0.5) is 4.39 Å². The van der Waals surface area contributed by atoms with Crippen molar-refractivity contribution in [2.45, 2.75) is 6.54 Å². The summed E-state index contributed by atoms with van der Waals surface area (Å²) in [6, 6.07) is 6.69. The van der Waals surface area contributed by atoms with Gasteiger partial charge in [-0.15, -0.1) is 0 Å². The molecule has 0 saturated heterocycles. The van der Waals surface area contributed by atoms with Crippen LogP contribution in [0.5, 0.6) is 0 Å². The minimum Gasteiger partial charge on any atom is -0.383 e. The van der Waals surface area contributed by atoms with Crippen molar-refractivity contribution >= 4 is 17.3 Å². The number of nitrogens with one attached hydrogen (secondary N) is 1. The van der Waals surface area contributed by atoms with Crippen molar-refractivity contribution in [1.82, 2.24) is 10.2 Å². The smallest absolute Gasteiger partial charge is 0.169 e. The highest BCUT2D eigenvalue weighted by Gasteiger charge is 2.07. The van der Waals surface area contributed by atoms with Crippen molar-refractivity contribution in [3.8, 4) is 0 Å². The fourth-order valence-corrected chi connectivity index (χ4v) is 1.52. The molecule has 17 heavy (non-hydrogen) atoms. The van der Waals surface area contributed by atoms with E-state index < -0.39 is 0 Å². The lowest BCUT2D eigenvalue weighted by molar-refractivity contribution is 0.203. The van der Waals surface area contributed by atoms with Crippen LogP contribution >= 0.6 is 12.2 Å². The van der Waals surface area contributed by atoms with E-state index in [4.69, 9.17) is 17.0 Å². The molecule has 0 amide bonds. The number of benzene rings is 1. The Kier molecular flexibility index (Phi) is 5.86. The van der Waals surface area contributed by atoms with Crippen molar-refractivity contribution in [1.29, 1.82) is 0 Å². The van der Waals surface area contributed by atoms with E-state index >= 15 is 0 Å². The summed E-state index contributed by atoms with van der Waals surface area (Å²) in [7, 11) is 3.46. The average Bonchev–Trinajstić information content (AvgIpc) is 2.32. The van der Waals surface area contributed by atoms with Crippen molar-refractivity contribution in [2.75, 3.05) is 27.3 Å². The normalized spacial score (nSPS) is 10.1. The van der Waals surface area contributed by atoms with E-state index in [-0.39, 0.29) is 5.82 Å². The molecule has 0 atom stereocenters. The van der Waals surface area contributed by atoms with Crippen LogP contribution in [0.1, 0.15) is 5.56 Å². The molecule has 0 aliphatic carbocycles. The van der Waals surface area contributed by atoms with Gasteiger partial charge in [-0.1, -0.05) is 18.2 Å². The van der Waals surface area contributed by atoms with Gasteiger partial charge in [-0.2, -0.15) is 0 Å². The molecule has 1 rings (SSSR count). The highest BCUT2D eigenvalue weighted by molar-refractivity contribution is 7.80. The van der Waals surface area contributed by atoms with Crippen LogP contribution in [0.3, 0.4) is 0 Å². The molecule has 1 N–H and O–H groups in total. The minimum atomic E-state index is -0.209. The van der Waals surface area contributed by atoms with Crippen LogP contribution in [-0.4, -0.2) is 37.3 Å². The Balaban J connectivity index is 2.46.